The molecule has 0 aliphatic rings. The fourth-order valence-corrected chi connectivity index (χ4v) is 1.51. The van der Waals surface area contributed by atoms with Gasteiger partial charge in [0, 0.05) is 6.20 Å². The summed E-state index contributed by atoms with van der Waals surface area (Å²) < 4.78 is 28.9. The van der Waals surface area contributed by atoms with Gasteiger partial charge in [0.2, 0.25) is 0 Å². The number of benzene rings is 1. The van der Waals surface area contributed by atoms with Crippen LogP contribution in [0.15, 0.2) is 42.7 Å². The number of pyridine rings is 1. The van der Waals surface area contributed by atoms with Gasteiger partial charge in [-0.3, -0.25) is 4.98 Å². The zero-order valence-corrected chi connectivity index (χ0v) is 9.68. The van der Waals surface area contributed by atoms with Crippen LogP contribution in [0, 0.1) is 11.3 Å². The van der Waals surface area contributed by atoms with Gasteiger partial charge in [0.15, 0.2) is 0 Å². The van der Waals surface area contributed by atoms with Crippen LogP contribution < -0.4 is 10.1 Å². The van der Waals surface area contributed by atoms with Gasteiger partial charge in [0.05, 0.1) is 23.1 Å². The molecule has 6 heteroatoms. The minimum atomic E-state index is -2.91. The Morgan fingerprint density at radius 3 is 2.74 bits per heavy atom. The number of nitrogens with one attached hydrogen (secondary N) is 1. The summed E-state index contributed by atoms with van der Waals surface area (Å²) in [7, 11) is 0. The van der Waals surface area contributed by atoms with Gasteiger partial charge in [0.1, 0.15) is 11.8 Å². The largest absolute Gasteiger partial charge is 0.433 e. The first-order valence-electron chi connectivity index (χ1n) is 5.35. The number of nitriles is 1. The van der Waals surface area contributed by atoms with E-state index in [2.05, 4.69) is 15.0 Å². The number of hydrogen-bond donors (Lipinski definition) is 1. The van der Waals surface area contributed by atoms with E-state index in [1.54, 1.807) is 18.2 Å². The first-order chi connectivity index (χ1) is 9.20. The third kappa shape index (κ3) is 3.16. The van der Waals surface area contributed by atoms with E-state index in [0.29, 0.717) is 16.9 Å². The lowest BCUT2D eigenvalue weighted by Gasteiger charge is -2.12. The van der Waals surface area contributed by atoms with Crippen LogP contribution in [0.1, 0.15) is 5.56 Å². The minimum absolute atomic E-state index is 0.00485. The Labute approximate surface area is 108 Å². The fraction of sp³-hybridized carbons (Fsp3) is 0.0769. The molecule has 2 aromatic rings. The lowest BCUT2D eigenvalue weighted by atomic mass is 10.2. The van der Waals surface area contributed by atoms with Gasteiger partial charge in [-0.25, -0.2) is 0 Å². The molecular weight excluding hydrogens is 252 g/mol. The molecule has 4 nitrogen and oxygen atoms in total. The van der Waals surface area contributed by atoms with Crippen molar-refractivity contribution in [3.05, 3.63) is 48.3 Å². The van der Waals surface area contributed by atoms with Crippen molar-refractivity contribution in [2.24, 2.45) is 0 Å². The Morgan fingerprint density at radius 2 is 2.00 bits per heavy atom. The second kappa shape index (κ2) is 5.78. The van der Waals surface area contributed by atoms with Crippen molar-refractivity contribution in [2.75, 3.05) is 5.32 Å². The maximum Gasteiger partial charge on any atom is 0.387 e. The SMILES string of the molecule is N#Cc1ccncc1Nc1ccccc1OC(F)F. The molecule has 19 heavy (non-hydrogen) atoms. The number of alkyl halides is 2. The van der Waals surface area contributed by atoms with Crippen LogP contribution in [-0.4, -0.2) is 11.6 Å². The smallest absolute Gasteiger partial charge is 0.387 e. The number of anilines is 2. The molecule has 0 saturated carbocycles. The van der Waals surface area contributed by atoms with Crippen molar-refractivity contribution in [2.45, 2.75) is 6.61 Å². The number of hydrogen-bond acceptors (Lipinski definition) is 4. The summed E-state index contributed by atoms with van der Waals surface area (Å²) in [6.45, 7) is -2.91. The molecule has 2 rings (SSSR count). The molecule has 0 atom stereocenters. The Bertz CT molecular complexity index is 611. The maximum absolute atomic E-state index is 12.3. The van der Waals surface area contributed by atoms with Gasteiger partial charge in [-0.1, -0.05) is 12.1 Å². The molecule has 0 radical (unpaired) electrons. The molecule has 0 amide bonds. The van der Waals surface area contributed by atoms with Gasteiger partial charge in [0.25, 0.3) is 0 Å². The van der Waals surface area contributed by atoms with Gasteiger partial charge in [-0.05, 0) is 18.2 Å². The van der Waals surface area contributed by atoms with Crippen molar-refractivity contribution in [1.29, 1.82) is 5.26 Å². The zero-order valence-electron chi connectivity index (χ0n) is 9.68. The molecule has 0 fully saturated rings. The topological polar surface area (TPSA) is 57.9 Å². The molecule has 0 spiro atoms. The standard InChI is InChI=1S/C13H9F2N3O/c14-13(15)19-12-4-2-1-3-10(12)18-11-8-17-6-5-9(11)7-16/h1-6,8,13,18H. The van der Waals surface area contributed by atoms with E-state index < -0.39 is 6.61 Å². The lowest BCUT2D eigenvalue weighted by Crippen LogP contribution is -2.04. The molecule has 1 aromatic heterocycles. The van der Waals surface area contributed by atoms with E-state index in [1.165, 1.54) is 24.5 Å². The molecule has 1 aromatic carbocycles. The summed E-state index contributed by atoms with van der Waals surface area (Å²) in [5, 5.41) is 11.8. The highest BCUT2D eigenvalue weighted by molar-refractivity contribution is 5.69. The highest BCUT2D eigenvalue weighted by Gasteiger charge is 2.10. The van der Waals surface area contributed by atoms with Gasteiger partial charge < -0.3 is 10.1 Å². The molecule has 0 aliphatic heterocycles. The van der Waals surface area contributed by atoms with E-state index >= 15 is 0 Å². The summed E-state index contributed by atoms with van der Waals surface area (Å²) in [5.74, 6) is 0.00485. The lowest BCUT2D eigenvalue weighted by molar-refractivity contribution is -0.0493. The van der Waals surface area contributed by atoms with Gasteiger partial charge in [-0.15, -0.1) is 0 Å². The first kappa shape index (κ1) is 12.8. The number of nitrogens with zero attached hydrogens (tertiary/aromatic N) is 2. The summed E-state index contributed by atoms with van der Waals surface area (Å²) in [4.78, 5) is 3.88. The van der Waals surface area contributed by atoms with Crippen LogP contribution in [0.4, 0.5) is 20.2 Å². The van der Waals surface area contributed by atoms with Crippen LogP contribution in [0.3, 0.4) is 0 Å². The molecule has 96 valence electrons. The molecule has 1 N–H and O–H groups in total. The van der Waals surface area contributed by atoms with E-state index in [-0.39, 0.29) is 5.75 Å². The number of ether oxygens (including phenoxy) is 1. The number of aromatic nitrogens is 1. The average molecular weight is 261 g/mol. The Hall–Kier alpha value is -2.68. The zero-order chi connectivity index (χ0) is 13.7. The third-order valence-corrected chi connectivity index (χ3v) is 2.31. The van der Waals surface area contributed by atoms with E-state index in [9.17, 15) is 8.78 Å². The monoisotopic (exact) mass is 261 g/mol. The number of para-hydroxylation sites is 2. The normalized spacial score (nSPS) is 10.0. The van der Waals surface area contributed by atoms with Crippen LogP contribution in [0.5, 0.6) is 5.75 Å². The fourth-order valence-electron chi connectivity index (χ4n) is 1.51. The summed E-state index contributed by atoms with van der Waals surface area (Å²) >= 11 is 0. The molecule has 0 aliphatic carbocycles. The quantitative estimate of drug-likeness (QED) is 0.917. The predicted molar refractivity (Wildman–Crippen MR) is 65.3 cm³/mol. The van der Waals surface area contributed by atoms with Crippen molar-refractivity contribution >= 4 is 11.4 Å². The molecule has 0 unspecified atom stereocenters. The van der Waals surface area contributed by atoms with Crippen molar-refractivity contribution < 1.29 is 13.5 Å². The van der Waals surface area contributed by atoms with Crippen molar-refractivity contribution in [3.8, 4) is 11.8 Å². The third-order valence-electron chi connectivity index (χ3n) is 2.31. The minimum Gasteiger partial charge on any atom is -0.433 e. The van der Waals surface area contributed by atoms with Gasteiger partial charge >= 0.3 is 6.61 Å². The van der Waals surface area contributed by atoms with Crippen LogP contribution in [-0.2, 0) is 0 Å². The van der Waals surface area contributed by atoms with E-state index in [1.807, 2.05) is 6.07 Å². The van der Waals surface area contributed by atoms with E-state index in [4.69, 9.17) is 5.26 Å². The molecule has 0 bridgehead atoms. The van der Waals surface area contributed by atoms with Gasteiger partial charge in [-0.2, -0.15) is 14.0 Å². The Kier molecular flexibility index (Phi) is 3.88. The number of rotatable bonds is 4. The van der Waals surface area contributed by atoms with Crippen molar-refractivity contribution in [3.63, 3.8) is 0 Å². The number of halogens is 2. The molecule has 0 saturated heterocycles. The summed E-state index contributed by atoms with van der Waals surface area (Å²) in [5.41, 5.74) is 1.13. The first-order valence-corrected chi connectivity index (χ1v) is 5.35. The van der Waals surface area contributed by atoms with Crippen molar-refractivity contribution in [1.82, 2.24) is 4.98 Å². The predicted octanol–water partition coefficient (Wildman–Crippen LogP) is 3.30. The Balaban J connectivity index is 2.31. The maximum atomic E-state index is 12.3. The van der Waals surface area contributed by atoms with Crippen LogP contribution in [0.25, 0.3) is 0 Å². The highest BCUT2D eigenvalue weighted by Crippen LogP contribution is 2.29. The van der Waals surface area contributed by atoms with Crippen LogP contribution in [0.2, 0.25) is 0 Å². The van der Waals surface area contributed by atoms with E-state index in [0.717, 1.165) is 0 Å². The van der Waals surface area contributed by atoms with Crippen LogP contribution >= 0.6 is 0 Å². The highest BCUT2D eigenvalue weighted by atomic mass is 19.3. The average Bonchev–Trinajstić information content (AvgIpc) is 2.41. The second-order valence-electron chi connectivity index (χ2n) is 3.53. The molecule has 1 heterocycles. The second-order valence-corrected chi connectivity index (χ2v) is 3.53. The summed E-state index contributed by atoms with van der Waals surface area (Å²) in [6, 6.07) is 9.75. The summed E-state index contributed by atoms with van der Waals surface area (Å²) in [6.07, 6.45) is 2.92. The molecular formula is C13H9F2N3O. The Morgan fingerprint density at radius 1 is 1.21 bits per heavy atom.